The Labute approximate surface area is 131 Å². The highest BCUT2D eigenvalue weighted by Crippen LogP contribution is 2.41. The normalized spacial score (nSPS) is 39.4. The van der Waals surface area contributed by atoms with Crippen LogP contribution in [-0.4, -0.2) is 48.5 Å². The second kappa shape index (κ2) is 6.55. The molecule has 1 saturated carbocycles. The van der Waals surface area contributed by atoms with Crippen molar-refractivity contribution < 1.29 is 9.84 Å². The highest BCUT2D eigenvalue weighted by Gasteiger charge is 2.38. The van der Waals surface area contributed by atoms with Gasteiger partial charge in [0.2, 0.25) is 0 Å². The first-order valence-corrected chi connectivity index (χ1v) is 8.69. The molecule has 1 saturated heterocycles. The molecule has 4 atom stereocenters. The fourth-order valence-electron chi connectivity index (χ4n) is 4.19. The second-order valence-corrected chi connectivity index (χ2v) is 8.70. The number of aliphatic hydroxyl groups is 1. The van der Waals surface area contributed by atoms with Gasteiger partial charge in [0.15, 0.2) is 0 Å². The van der Waals surface area contributed by atoms with Gasteiger partial charge < -0.3 is 14.7 Å². The summed E-state index contributed by atoms with van der Waals surface area (Å²) in [5, 5.41) is 10.4. The molecule has 21 heavy (non-hydrogen) atoms. The molecule has 2 rings (SSSR count). The summed E-state index contributed by atoms with van der Waals surface area (Å²) in [5.74, 6) is 1.17. The van der Waals surface area contributed by atoms with Crippen molar-refractivity contribution in [2.45, 2.75) is 71.5 Å². The summed E-state index contributed by atoms with van der Waals surface area (Å²) >= 11 is 0. The molecule has 2 aliphatic rings. The quantitative estimate of drug-likeness (QED) is 0.867. The first-order valence-electron chi connectivity index (χ1n) is 8.69. The minimum absolute atomic E-state index is 0.00129. The average molecular weight is 297 g/mol. The predicted octanol–water partition coefficient (Wildman–Crippen LogP) is 3.31. The molecule has 1 aliphatic heterocycles. The minimum atomic E-state index is -0.112. The van der Waals surface area contributed by atoms with Crippen molar-refractivity contribution in [1.29, 1.82) is 0 Å². The number of piperidine rings is 1. The lowest BCUT2D eigenvalue weighted by atomic mass is 9.68. The molecule has 0 aromatic rings. The van der Waals surface area contributed by atoms with Crippen molar-refractivity contribution in [3.05, 3.63) is 0 Å². The zero-order chi connectivity index (χ0) is 15.7. The van der Waals surface area contributed by atoms with Gasteiger partial charge in [-0.3, -0.25) is 0 Å². The first-order chi connectivity index (χ1) is 9.73. The van der Waals surface area contributed by atoms with E-state index in [1.807, 2.05) is 7.11 Å². The molecule has 0 aromatic carbocycles. The van der Waals surface area contributed by atoms with E-state index in [1.165, 1.54) is 19.3 Å². The topological polar surface area (TPSA) is 32.7 Å². The third kappa shape index (κ3) is 4.43. The Morgan fingerprint density at radius 3 is 2.62 bits per heavy atom. The number of ether oxygens (including phenoxy) is 1. The Bertz CT molecular complexity index is 339. The van der Waals surface area contributed by atoms with E-state index in [2.05, 4.69) is 32.6 Å². The van der Waals surface area contributed by atoms with E-state index in [0.29, 0.717) is 11.3 Å². The van der Waals surface area contributed by atoms with Crippen LogP contribution in [0.5, 0.6) is 0 Å². The lowest BCUT2D eigenvalue weighted by Gasteiger charge is -2.44. The van der Waals surface area contributed by atoms with Crippen LogP contribution in [0.15, 0.2) is 0 Å². The number of hydrogen-bond donors (Lipinski definition) is 1. The smallest absolute Gasteiger partial charge is 0.0777 e. The van der Waals surface area contributed by atoms with Crippen LogP contribution in [0.4, 0.5) is 0 Å². The maximum Gasteiger partial charge on any atom is 0.0777 e. The van der Waals surface area contributed by atoms with Crippen LogP contribution in [0, 0.1) is 17.3 Å². The third-order valence-corrected chi connectivity index (χ3v) is 5.89. The second-order valence-electron chi connectivity index (χ2n) is 8.70. The minimum Gasteiger partial charge on any atom is -0.393 e. The van der Waals surface area contributed by atoms with Gasteiger partial charge in [0.1, 0.15) is 0 Å². The number of methoxy groups -OCH3 is 1. The van der Waals surface area contributed by atoms with Crippen molar-refractivity contribution >= 4 is 0 Å². The molecular formula is C18H35NO2. The fourth-order valence-corrected chi connectivity index (χ4v) is 4.19. The van der Waals surface area contributed by atoms with Gasteiger partial charge in [-0.15, -0.1) is 0 Å². The van der Waals surface area contributed by atoms with E-state index >= 15 is 0 Å². The number of nitrogens with zero attached hydrogens (tertiary/aromatic N) is 1. The summed E-state index contributed by atoms with van der Waals surface area (Å²) in [6, 6.07) is 0. The highest BCUT2D eigenvalue weighted by molar-refractivity contribution is 4.90. The van der Waals surface area contributed by atoms with Crippen molar-refractivity contribution in [3.8, 4) is 0 Å². The number of aliphatic hydroxyl groups excluding tert-OH is 1. The molecule has 0 spiro atoms. The standard InChI is InChI=1S/C18H35NO2/c1-17(2,3)15-7-8-16(20)14(11-15)12-19-10-6-9-18(4,13-19)21-5/h14-16,20H,6-13H2,1-5H3. The van der Waals surface area contributed by atoms with Gasteiger partial charge in [-0.05, 0) is 62.8 Å². The summed E-state index contributed by atoms with van der Waals surface area (Å²) < 4.78 is 5.70. The predicted molar refractivity (Wildman–Crippen MR) is 87.4 cm³/mol. The number of likely N-dealkylation sites (tertiary alicyclic amines) is 1. The maximum absolute atomic E-state index is 10.4. The molecule has 0 radical (unpaired) electrons. The molecule has 1 N–H and O–H groups in total. The summed E-state index contributed by atoms with van der Waals surface area (Å²) in [7, 11) is 1.83. The molecular weight excluding hydrogens is 262 g/mol. The van der Waals surface area contributed by atoms with E-state index in [9.17, 15) is 5.11 Å². The zero-order valence-corrected chi connectivity index (χ0v) is 14.7. The van der Waals surface area contributed by atoms with Gasteiger partial charge in [0, 0.05) is 20.2 Å². The van der Waals surface area contributed by atoms with Crippen LogP contribution < -0.4 is 0 Å². The van der Waals surface area contributed by atoms with E-state index in [1.54, 1.807) is 0 Å². The summed E-state index contributed by atoms with van der Waals surface area (Å²) in [6.45, 7) is 12.4. The Morgan fingerprint density at radius 1 is 1.29 bits per heavy atom. The van der Waals surface area contributed by atoms with E-state index < -0.39 is 0 Å². The summed E-state index contributed by atoms with van der Waals surface area (Å²) in [5.41, 5.74) is 0.364. The molecule has 3 heteroatoms. The van der Waals surface area contributed by atoms with Gasteiger partial charge in [-0.1, -0.05) is 20.8 Å². The molecule has 3 nitrogen and oxygen atoms in total. The molecule has 2 fully saturated rings. The van der Waals surface area contributed by atoms with Gasteiger partial charge in [0.05, 0.1) is 11.7 Å². The Kier molecular flexibility index (Phi) is 5.38. The van der Waals surface area contributed by atoms with Crippen LogP contribution in [0.3, 0.4) is 0 Å². The van der Waals surface area contributed by atoms with Crippen LogP contribution in [0.25, 0.3) is 0 Å². The Hall–Kier alpha value is -0.120. The number of hydrogen-bond acceptors (Lipinski definition) is 3. The number of rotatable bonds is 3. The van der Waals surface area contributed by atoms with Crippen molar-refractivity contribution in [3.63, 3.8) is 0 Å². The van der Waals surface area contributed by atoms with Gasteiger partial charge >= 0.3 is 0 Å². The van der Waals surface area contributed by atoms with Crippen molar-refractivity contribution in [1.82, 2.24) is 4.90 Å². The molecule has 0 bridgehead atoms. The van der Waals surface area contributed by atoms with E-state index in [-0.39, 0.29) is 11.7 Å². The molecule has 0 amide bonds. The van der Waals surface area contributed by atoms with Crippen LogP contribution >= 0.6 is 0 Å². The van der Waals surface area contributed by atoms with Gasteiger partial charge in [-0.2, -0.15) is 0 Å². The lowest BCUT2D eigenvalue weighted by molar-refractivity contribution is -0.0656. The van der Waals surface area contributed by atoms with Crippen LogP contribution in [0.1, 0.15) is 59.8 Å². The van der Waals surface area contributed by atoms with E-state index in [4.69, 9.17) is 4.74 Å². The largest absolute Gasteiger partial charge is 0.393 e. The van der Waals surface area contributed by atoms with Gasteiger partial charge in [0.25, 0.3) is 0 Å². The lowest BCUT2D eigenvalue weighted by Crippen LogP contribution is -2.50. The molecule has 124 valence electrons. The van der Waals surface area contributed by atoms with E-state index in [0.717, 1.165) is 38.4 Å². The molecule has 4 unspecified atom stereocenters. The zero-order valence-electron chi connectivity index (χ0n) is 14.7. The fraction of sp³-hybridized carbons (Fsp3) is 1.00. The molecule has 1 aliphatic carbocycles. The SMILES string of the molecule is COC1(C)CCCN(CC2CC(C(C)(C)C)CCC2O)C1. The molecule has 0 aromatic heterocycles. The Morgan fingerprint density at radius 2 is 2.00 bits per heavy atom. The summed E-state index contributed by atoms with van der Waals surface area (Å²) in [6.07, 6.45) is 5.57. The third-order valence-electron chi connectivity index (χ3n) is 5.89. The van der Waals surface area contributed by atoms with Crippen LogP contribution in [0.2, 0.25) is 0 Å². The first kappa shape index (κ1) is 17.2. The average Bonchev–Trinajstić information content (AvgIpc) is 2.40. The summed E-state index contributed by atoms with van der Waals surface area (Å²) in [4.78, 5) is 2.52. The molecule has 1 heterocycles. The van der Waals surface area contributed by atoms with Gasteiger partial charge in [-0.25, -0.2) is 0 Å². The Balaban J connectivity index is 1.94. The van der Waals surface area contributed by atoms with Crippen molar-refractivity contribution in [2.75, 3.05) is 26.7 Å². The maximum atomic E-state index is 10.4. The highest BCUT2D eigenvalue weighted by atomic mass is 16.5. The van der Waals surface area contributed by atoms with Crippen molar-refractivity contribution in [2.24, 2.45) is 17.3 Å². The monoisotopic (exact) mass is 297 g/mol. The van der Waals surface area contributed by atoms with Crippen LogP contribution in [-0.2, 0) is 4.74 Å².